The van der Waals surface area contributed by atoms with E-state index in [4.69, 9.17) is 17.2 Å². The van der Waals surface area contributed by atoms with E-state index in [9.17, 15) is 24.0 Å². The zero-order valence-corrected chi connectivity index (χ0v) is 43.7. The Morgan fingerprint density at radius 2 is 1.41 bits per heavy atom. The van der Waals surface area contributed by atoms with Crippen LogP contribution >= 0.6 is 0 Å². The Balaban J connectivity index is 1.41. The molecule has 0 radical (unpaired) electrons. The van der Waals surface area contributed by atoms with Gasteiger partial charge < -0.3 is 54.0 Å². The molecule has 1 heterocycles. The van der Waals surface area contributed by atoms with E-state index in [1.54, 1.807) is 24.3 Å². The van der Waals surface area contributed by atoms with Gasteiger partial charge in [-0.15, -0.1) is 0 Å². The maximum Gasteiger partial charge on any atom is 0.246 e. The number of nitrogens with one attached hydrogen (secondary N) is 6. The lowest BCUT2D eigenvalue weighted by Gasteiger charge is -2.41. The monoisotopic (exact) mass is 1040 g/mol. The Morgan fingerprint density at radius 3 is 2.09 bits per heavy atom. The number of nitrogens with two attached hydrogens (primary N) is 3. The number of likely N-dealkylation sites (N-methyl/N-ethyl adjacent to an activating group) is 1. The summed E-state index contributed by atoms with van der Waals surface area (Å²) in [5.41, 5.74) is 18.0. The first-order valence-electron chi connectivity index (χ1n) is 26.5. The third-order valence-electron chi connectivity index (χ3n) is 14.4. The number of carbonyl (C=O) groups excluding carboxylic acids is 8. The molecule has 8 amide bonds. The summed E-state index contributed by atoms with van der Waals surface area (Å²) in [4.78, 5) is 120. The van der Waals surface area contributed by atoms with Crippen LogP contribution in [0, 0.1) is 0 Å². The van der Waals surface area contributed by atoms with E-state index >= 15 is 14.4 Å². The quantitative estimate of drug-likeness (QED) is 0.0505. The van der Waals surface area contributed by atoms with E-state index in [-0.39, 0.29) is 76.3 Å². The predicted octanol–water partition coefficient (Wildman–Crippen LogP) is 3.02. The van der Waals surface area contributed by atoms with Crippen molar-refractivity contribution in [1.29, 1.82) is 0 Å². The molecule has 1 aliphatic carbocycles. The summed E-state index contributed by atoms with van der Waals surface area (Å²) in [6, 6.07) is 25.8. The second-order valence-electron chi connectivity index (χ2n) is 20.1. The molecular weight excluding hydrogens is 967 g/mol. The fourth-order valence-corrected chi connectivity index (χ4v) is 10.0. The van der Waals surface area contributed by atoms with Gasteiger partial charge in [0.15, 0.2) is 5.96 Å². The van der Waals surface area contributed by atoms with Crippen molar-refractivity contribution in [1.82, 2.24) is 36.8 Å². The van der Waals surface area contributed by atoms with Gasteiger partial charge in [-0.1, -0.05) is 116 Å². The van der Waals surface area contributed by atoms with Crippen LogP contribution in [-0.4, -0.2) is 114 Å². The number of benzene rings is 4. The topological polar surface area (TPSA) is 302 Å². The molecule has 12 N–H and O–H groups in total. The number of aliphatic imine (C=N–C) groups is 1. The highest BCUT2D eigenvalue weighted by Crippen LogP contribution is 2.38. The van der Waals surface area contributed by atoms with E-state index in [1.165, 1.54) is 11.9 Å². The van der Waals surface area contributed by atoms with Crippen molar-refractivity contribution in [3.8, 4) is 0 Å². The first kappa shape index (κ1) is 57.4. The van der Waals surface area contributed by atoms with Gasteiger partial charge in [0.1, 0.15) is 35.7 Å². The van der Waals surface area contributed by atoms with Crippen molar-refractivity contribution in [2.45, 2.75) is 145 Å². The molecule has 1 spiro atoms. The lowest BCUT2D eigenvalue weighted by molar-refractivity contribution is -0.143. The first-order chi connectivity index (χ1) is 36.5. The number of hydrogen-bond acceptors (Lipinski definition) is 9. The van der Waals surface area contributed by atoms with Crippen molar-refractivity contribution < 1.29 is 38.4 Å². The number of fused-ring (bicyclic) bond motifs is 1. The molecule has 4 aromatic rings. The maximum atomic E-state index is 15.3. The molecule has 1 aliphatic heterocycles. The highest BCUT2D eigenvalue weighted by Gasteiger charge is 2.46. The van der Waals surface area contributed by atoms with E-state index < -0.39 is 89.4 Å². The van der Waals surface area contributed by atoms with E-state index in [1.807, 2.05) is 85.8 Å². The van der Waals surface area contributed by atoms with Crippen LogP contribution in [0.15, 0.2) is 108 Å². The number of guanidine groups is 1. The molecule has 2 fully saturated rings. The summed E-state index contributed by atoms with van der Waals surface area (Å²) in [5, 5.41) is 19.1. The molecule has 406 valence electrons. The van der Waals surface area contributed by atoms with E-state index in [2.05, 4.69) is 36.9 Å². The summed E-state index contributed by atoms with van der Waals surface area (Å²) in [5.74, 6) is -5.38. The third-order valence-corrected chi connectivity index (χ3v) is 14.4. The molecule has 0 aromatic heterocycles. The van der Waals surface area contributed by atoms with Gasteiger partial charge in [-0.05, 0) is 97.6 Å². The van der Waals surface area contributed by atoms with Crippen LogP contribution in [0.3, 0.4) is 0 Å². The highest BCUT2D eigenvalue weighted by molar-refractivity contribution is 5.99. The number of nitrogens with zero attached hydrogens (tertiary/aromatic N) is 2. The van der Waals surface area contributed by atoms with Crippen molar-refractivity contribution in [2.24, 2.45) is 22.2 Å². The third kappa shape index (κ3) is 16.6. The molecule has 4 aromatic carbocycles. The number of unbranched alkanes of at least 4 members (excludes halogenated alkanes) is 1. The van der Waals surface area contributed by atoms with E-state index in [0.717, 1.165) is 16.3 Å². The van der Waals surface area contributed by atoms with Gasteiger partial charge in [0, 0.05) is 39.4 Å². The molecule has 76 heavy (non-hydrogen) atoms. The summed E-state index contributed by atoms with van der Waals surface area (Å²) in [6.07, 6.45) is 3.14. The molecule has 19 heteroatoms. The molecule has 5 atom stereocenters. The Hall–Kier alpha value is -7.83. The standard InChI is InChI=1S/C57H75N11O8/c1-3-4-24-48(69)63-46-36-49(70)61-31-14-13-22-43(50(58)71)64-53(74)47(35-38-25-26-40-20-11-12-21-42(40)33-38)68(2)54(75)44(23-15-32-62-56(59)60)65-51(72)45(34-37-16-7-5-8-17-37)66-55(76)57(67-52(46)73)29-27-41(28-30-57)39-18-9-6-10-19-39/h5-12,16-21,25-26,33,41,43-47H,3-4,13-15,22-24,27-32,34-36H2,1-2H3,(H2,58,71)(H,61,70)(H,63,69)(H,64,74)(H,65,72)(H,66,76)(H,67,73)(H4,59,60,62). The first-order valence-corrected chi connectivity index (χ1v) is 26.5. The summed E-state index contributed by atoms with van der Waals surface area (Å²) < 4.78 is 0. The second-order valence-corrected chi connectivity index (χ2v) is 20.1. The van der Waals surface area contributed by atoms with Crippen LogP contribution in [0.25, 0.3) is 10.8 Å². The maximum absolute atomic E-state index is 15.3. The number of carbonyl (C=O) groups is 8. The minimum atomic E-state index is -1.61. The van der Waals surface area contributed by atoms with Crippen molar-refractivity contribution >= 4 is 64.0 Å². The summed E-state index contributed by atoms with van der Waals surface area (Å²) in [7, 11) is 1.45. The van der Waals surface area contributed by atoms with Crippen LogP contribution in [0.5, 0.6) is 0 Å². The average molecular weight is 1040 g/mol. The molecular formula is C57H75N11O8. The molecule has 2 aliphatic rings. The largest absolute Gasteiger partial charge is 0.370 e. The normalized spacial score (nSPS) is 23.8. The Labute approximate surface area is 444 Å². The van der Waals surface area contributed by atoms with Gasteiger partial charge in [-0.2, -0.15) is 0 Å². The Morgan fingerprint density at radius 1 is 0.724 bits per heavy atom. The number of rotatable bonds is 14. The molecule has 6 rings (SSSR count). The van der Waals surface area contributed by atoms with Gasteiger partial charge in [0.05, 0.1) is 6.42 Å². The van der Waals surface area contributed by atoms with Gasteiger partial charge in [-0.3, -0.25) is 43.3 Å². The smallest absolute Gasteiger partial charge is 0.246 e. The van der Waals surface area contributed by atoms with Crippen LogP contribution in [-0.2, 0) is 51.2 Å². The van der Waals surface area contributed by atoms with E-state index in [0.29, 0.717) is 49.7 Å². The minimum Gasteiger partial charge on any atom is -0.370 e. The summed E-state index contributed by atoms with van der Waals surface area (Å²) >= 11 is 0. The van der Waals surface area contributed by atoms with Crippen LogP contribution < -0.4 is 49.1 Å². The Bertz CT molecular complexity index is 2670. The number of hydrogen-bond donors (Lipinski definition) is 9. The fourth-order valence-electron chi connectivity index (χ4n) is 10.0. The number of primary amides is 1. The van der Waals surface area contributed by atoms with Gasteiger partial charge in [0.25, 0.3) is 0 Å². The zero-order valence-electron chi connectivity index (χ0n) is 43.7. The van der Waals surface area contributed by atoms with Gasteiger partial charge in [0.2, 0.25) is 47.3 Å². The second kappa shape index (κ2) is 28.2. The van der Waals surface area contributed by atoms with Gasteiger partial charge >= 0.3 is 0 Å². The SMILES string of the molecule is CCCCC(=O)NC1CC(=O)NCCCCC(C(N)=O)NC(=O)C(Cc2ccc3ccccc3c2)N(C)C(=O)C(CCCN=C(N)N)NC(=O)C(Cc2ccccc2)NC(=O)C2(CCC(c3ccccc3)CC2)NC1=O. The van der Waals surface area contributed by atoms with Crippen molar-refractivity contribution in [2.75, 3.05) is 20.1 Å². The van der Waals surface area contributed by atoms with Gasteiger partial charge in [-0.25, -0.2) is 0 Å². The molecule has 1 saturated carbocycles. The van der Waals surface area contributed by atoms with Crippen LogP contribution in [0.1, 0.15) is 113 Å². The summed E-state index contributed by atoms with van der Waals surface area (Å²) in [6.45, 7) is 2.15. The molecule has 5 unspecified atom stereocenters. The molecule has 0 bridgehead atoms. The molecule has 19 nitrogen and oxygen atoms in total. The lowest BCUT2D eigenvalue weighted by atomic mass is 9.73. The zero-order chi connectivity index (χ0) is 54.6. The number of amides is 8. The van der Waals surface area contributed by atoms with Crippen LogP contribution in [0.2, 0.25) is 0 Å². The molecule has 1 saturated heterocycles. The predicted molar refractivity (Wildman–Crippen MR) is 291 cm³/mol. The lowest BCUT2D eigenvalue weighted by Crippen LogP contribution is -2.66. The fraction of sp³-hybridized carbons (Fsp3) is 0.456. The minimum absolute atomic E-state index is 0.00487. The van der Waals surface area contributed by atoms with Crippen molar-refractivity contribution in [3.63, 3.8) is 0 Å². The highest BCUT2D eigenvalue weighted by atomic mass is 16.2. The average Bonchev–Trinajstić information content (AvgIpc) is 3.42. The van der Waals surface area contributed by atoms with Crippen LogP contribution in [0.4, 0.5) is 0 Å². The Kier molecular flexibility index (Phi) is 21.3. The van der Waals surface area contributed by atoms with Crippen molar-refractivity contribution in [3.05, 3.63) is 120 Å².